The van der Waals surface area contributed by atoms with E-state index in [4.69, 9.17) is 33.8 Å². The molecule has 0 aliphatic carbocycles. The third kappa shape index (κ3) is 9.01. The van der Waals surface area contributed by atoms with Gasteiger partial charge in [-0.1, -0.05) is 31.4 Å². The topological polar surface area (TPSA) is 148 Å². The lowest BCUT2D eigenvalue weighted by molar-refractivity contribution is -0.145. The summed E-state index contributed by atoms with van der Waals surface area (Å²) in [6, 6.07) is 23.8. The SMILES string of the molecule is C=CC(=O)OCOc1ccc(C(=O)Oc2ccc(-c3ccc(OC(=O)c4ccc(OCOC(=O)C=C)cc4)cc3C=N)cc2)cc1. The van der Waals surface area contributed by atoms with Gasteiger partial charge in [0.15, 0.2) is 0 Å². The van der Waals surface area contributed by atoms with Gasteiger partial charge in [0.1, 0.15) is 23.0 Å². The normalized spacial score (nSPS) is 10.1. The van der Waals surface area contributed by atoms with Crippen LogP contribution in [0.3, 0.4) is 0 Å². The predicted molar refractivity (Wildman–Crippen MR) is 166 cm³/mol. The van der Waals surface area contributed by atoms with Crippen LogP contribution in [0.15, 0.2) is 116 Å². The second-order valence-corrected chi connectivity index (χ2v) is 9.10. The molecule has 11 nitrogen and oxygen atoms in total. The number of carbonyl (C=O) groups excluding carboxylic acids is 4. The minimum absolute atomic E-state index is 0.240. The molecule has 0 fully saturated rings. The van der Waals surface area contributed by atoms with Crippen molar-refractivity contribution in [1.82, 2.24) is 0 Å². The summed E-state index contributed by atoms with van der Waals surface area (Å²) in [6.07, 6.45) is 3.18. The van der Waals surface area contributed by atoms with E-state index in [-0.39, 0.29) is 30.5 Å². The second kappa shape index (κ2) is 15.8. The molecule has 0 saturated heterocycles. The maximum Gasteiger partial charge on any atom is 0.343 e. The highest BCUT2D eigenvalue weighted by Gasteiger charge is 2.13. The minimum Gasteiger partial charge on any atom is -0.457 e. The average Bonchev–Trinajstić information content (AvgIpc) is 3.09. The minimum atomic E-state index is -0.618. The zero-order valence-corrected chi connectivity index (χ0v) is 24.3. The van der Waals surface area contributed by atoms with Crippen LogP contribution in [0.1, 0.15) is 26.3 Å². The molecular weight excluding hydrogens is 594 g/mol. The van der Waals surface area contributed by atoms with Crippen molar-refractivity contribution in [3.8, 4) is 34.1 Å². The van der Waals surface area contributed by atoms with Crippen molar-refractivity contribution in [1.29, 1.82) is 5.41 Å². The maximum atomic E-state index is 12.7. The summed E-state index contributed by atoms with van der Waals surface area (Å²) >= 11 is 0. The summed E-state index contributed by atoms with van der Waals surface area (Å²) in [6.45, 7) is 6.00. The number of esters is 4. The summed E-state index contributed by atoms with van der Waals surface area (Å²) in [5.41, 5.74) is 2.47. The molecule has 0 saturated carbocycles. The fourth-order valence-electron chi connectivity index (χ4n) is 3.82. The number of hydrogen-bond acceptors (Lipinski definition) is 11. The summed E-state index contributed by atoms with van der Waals surface area (Å²) in [7, 11) is 0. The Morgan fingerprint density at radius 1 is 0.587 bits per heavy atom. The third-order valence-electron chi connectivity index (χ3n) is 6.13. The van der Waals surface area contributed by atoms with Crippen LogP contribution in [-0.2, 0) is 19.1 Å². The Balaban J connectivity index is 1.34. The average molecular weight is 622 g/mol. The Labute approximate surface area is 263 Å². The van der Waals surface area contributed by atoms with Crippen molar-refractivity contribution >= 4 is 30.1 Å². The fourth-order valence-corrected chi connectivity index (χ4v) is 3.82. The molecule has 0 atom stereocenters. The third-order valence-corrected chi connectivity index (χ3v) is 6.13. The number of rotatable bonds is 14. The standard InChI is InChI=1S/C35H27NO10/c1-3-32(37)43-21-41-27-11-7-24(8-12-27)34(39)45-29-15-5-23(6-16-29)31-18-17-30(19-26(31)20-36)46-35(40)25-9-13-28(14-10-25)42-22-44-33(38)4-2/h3-20,36H,1-2,21-22H2. The molecule has 0 unspecified atom stereocenters. The molecule has 0 bridgehead atoms. The van der Waals surface area contributed by atoms with E-state index in [1.165, 1.54) is 36.4 Å². The molecule has 4 rings (SSSR count). The van der Waals surface area contributed by atoms with Crippen molar-refractivity contribution in [2.45, 2.75) is 0 Å². The highest BCUT2D eigenvalue weighted by atomic mass is 16.7. The zero-order valence-electron chi connectivity index (χ0n) is 24.3. The first-order valence-corrected chi connectivity index (χ1v) is 13.5. The van der Waals surface area contributed by atoms with Crippen molar-refractivity contribution in [3.63, 3.8) is 0 Å². The Morgan fingerprint density at radius 3 is 1.48 bits per heavy atom. The van der Waals surface area contributed by atoms with E-state index in [1.807, 2.05) is 0 Å². The number of ether oxygens (including phenoxy) is 6. The van der Waals surface area contributed by atoms with E-state index in [1.54, 1.807) is 54.6 Å². The largest absolute Gasteiger partial charge is 0.457 e. The van der Waals surface area contributed by atoms with E-state index < -0.39 is 23.9 Å². The fraction of sp³-hybridized carbons (Fsp3) is 0.0571. The van der Waals surface area contributed by atoms with Gasteiger partial charge in [0.05, 0.1) is 11.1 Å². The molecule has 46 heavy (non-hydrogen) atoms. The smallest absolute Gasteiger partial charge is 0.343 e. The maximum absolute atomic E-state index is 12.7. The number of benzene rings is 4. The van der Waals surface area contributed by atoms with Gasteiger partial charge in [-0.05, 0) is 83.9 Å². The van der Waals surface area contributed by atoms with Gasteiger partial charge in [-0.2, -0.15) is 0 Å². The molecule has 0 radical (unpaired) electrons. The summed E-state index contributed by atoms with van der Waals surface area (Å²) in [5, 5.41) is 7.88. The molecule has 4 aromatic carbocycles. The summed E-state index contributed by atoms with van der Waals surface area (Å²) in [5.74, 6) is -1.10. The number of hydrogen-bond donors (Lipinski definition) is 1. The van der Waals surface area contributed by atoms with Gasteiger partial charge in [0.2, 0.25) is 13.6 Å². The molecule has 4 aromatic rings. The van der Waals surface area contributed by atoms with Crippen LogP contribution in [0.5, 0.6) is 23.0 Å². The Hall–Kier alpha value is -6.49. The number of nitrogens with one attached hydrogen (secondary N) is 1. The lowest BCUT2D eigenvalue weighted by Gasteiger charge is -2.11. The van der Waals surface area contributed by atoms with E-state index in [0.29, 0.717) is 28.4 Å². The van der Waals surface area contributed by atoms with Gasteiger partial charge in [0.25, 0.3) is 0 Å². The van der Waals surface area contributed by atoms with Gasteiger partial charge in [-0.3, -0.25) is 0 Å². The van der Waals surface area contributed by atoms with E-state index in [2.05, 4.69) is 13.2 Å². The van der Waals surface area contributed by atoms with Crippen LogP contribution in [-0.4, -0.2) is 43.7 Å². The van der Waals surface area contributed by atoms with Crippen LogP contribution in [0.25, 0.3) is 11.1 Å². The molecule has 0 aliphatic rings. The molecule has 1 N–H and O–H groups in total. The van der Waals surface area contributed by atoms with Gasteiger partial charge >= 0.3 is 23.9 Å². The second-order valence-electron chi connectivity index (χ2n) is 9.10. The summed E-state index contributed by atoms with van der Waals surface area (Å²) < 4.78 is 31.0. The van der Waals surface area contributed by atoms with Crippen LogP contribution in [0, 0.1) is 5.41 Å². The predicted octanol–water partition coefficient (Wildman–Crippen LogP) is 5.92. The molecule has 11 heteroatoms. The van der Waals surface area contributed by atoms with Crippen LogP contribution < -0.4 is 18.9 Å². The zero-order chi connectivity index (χ0) is 32.9. The first-order chi connectivity index (χ1) is 22.3. The quantitative estimate of drug-likeness (QED) is 0.0591. The van der Waals surface area contributed by atoms with Crippen molar-refractivity contribution < 1.29 is 47.6 Å². The Morgan fingerprint density at radius 2 is 1.02 bits per heavy atom. The Bertz CT molecular complexity index is 1740. The van der Waals surface area contributed by atoms with Crippen LogP contribution >= 0.6 is 0 Å². The molecule has 0 heterocycles. The van der Waals surface area contributed by atoms with Gasteiger partial charge in [-0.25, -0.2) is 19.2 Å². The first kappa shape index (κ1) is 32.4. The molecule has 0 amide bonds. The van der Waals surface area contributed by atoms with Gasteiger partial charge < -0.3 is 33.8 Å². The lowest BCUT2D eigenvalue weighted by Crippen LogP contribution is -2.10. The van der Waals surface area contributed by atoms with Crippen molar-refractivity contribution in [2.75, 3.05) is 13.6 Å². The van der Waals surface area contributed by atoms with Gasteiger partial charge in [0, 0.05) is 23.9 Å². The molecule has 0 spiro atoms. The molecule has 232 valence electrons. The monoisotopic (exact) mass is 621 g/mol. The van der Waals surface area contributed by atoms with Gasteiger partial charge in [-0.15, -0.1) is 0 Å². The van der Waals surface area contributed by atoms with E-state index in [0.717, 1.165) is 23.9 Å². The molecule has 0 aromatic heterocycles. The van der Waals surface area contributed by atoms with Crippen LogP contribution in [0.2, 0.25) is 0 Å². The highest BCUT2D eigenvalue weighted by molar-refractivity contribution is 5.93. The highest BCUT2D eigenvalue weighted by Crippen LogP contribution is 2.29. The lowest BCUT2D eigenvalue weighted by atomic mass is 10.00. The van der Waals surface area contributed by atoms with E-state index >= 15 is 0 Å². The van der Waals surface area contributed by atoms with E-state index in [9.17, 15) is 19.2 Å². The van der Waals surface area contributed by atoms with Crippen LogP contribution in [0.4, 0.5) is 0 Å². The van der Waals surface area contributed by atoms with Crippen molar-refractivity contribution in [3.05, 3.63) is 133 Å². The van der Waals surface area contributed by atoms with Crippen molar-refractivity contribution in [2.24, 2.45) is 0 Å². The summed E-state index contributed by atoms with van der Waals surface area (Å²) in [4.78, 5) is 47.4. The molecular formula is C35H27NO10. The number of carbonyl (C=O) groups is 4. The molecule has 0 aliphatic heterocycles. The Kier molecular flexibility index (Phi) is 11.2. The first-order valence-electron chi connectivity index (χ1n) is 13.5.